The molecule has 262 valence electrons. The van der Waals surface area contributed by atoms with Gasteiger partial charge in [-0.15, -0.1) is 11.3 Å². The van der Waals surface area contributed by atoms with Crippen LogP contribution in [0.4, 0.5) is 0 Å². The first-order chi connectivity index (χ1) is 27.8. The van der Waals surface area contributed by atoms with Crippen molar-refractivity contribution in [3.05, 3.63) is 194 Å². The highest BCUT2D eigenvalue weighted by molar-refractivity contribution is 7.26. The summed E-state index contributed by atoms with van der Waals surface area (Å²) in [5.41, 5.74) is 11.2. The fraction of sp³-hybridized carbons (Fsp3) is 0. The number of para-hydroxylation sites is 2. The largest absolute Gasteiger partial charge is 0.278 e. The van der Waals surface area contributed by atoms with Gasteiger partial charge in [-0.2, -0.15) is 9.97 Å². The molecule has 11 rings (SSSR count). The molecule has 0 amide bonds. The zero-order valence-electron chi connectivity index (χ0n) is 30.2. The summed E-state index contributed by atoms with van der Waals surface area (Å²) in [6.07, 6.45) is 0. The summed E-state index contributed by atoms with van der Waals surface area (Å²) < 4.78 is 4.75. The molecule has 3 heterocycles. The standard InChI is InChI=1S/C51H32N4S/c1-3-14-34(15-4-1)39-22-12-26-45-47(39)48-40(23-13-27-46(48)56-45)38-19-11-18-37(32-38)33-28-30-36(31-29-33)50-52-49(35-16-5-2-6-17-35)53-51(54-50)55-43-24-9-7-20-41(43)42-21-8-10-25-44(42)55/h1-32H. The second-order valence-corrected chi connectivity index (χ2v) is 15.1. The average Bonchev–Trinajstić information content (AvgIpc) is 3.83. The molecule has 56 heavy (non-hydrogen) atoms. The maximum atomic E-state index is 5.15. The number of rotatable bonds is 6. The van der Waals surface area contributed by atoms with E-state index in [1.54, 1.807) is 0 Å². The SMILES string of the molecule is c1ccc(-c2nc(-c3ccc(-c4cccc(-c5cccc6sc7cccc(-c8ccccc8)c7c56)c4)cc3)nc(-n3c4ccccc4c4ccccc43)n2)cc1. The van der Waals surface area contributed by atoms with Gasteiger partial charge in [0, 0.05) is 42.1 Å². The second-order valence-electron chi connectivity index (χ2n) is 14.0. The molecule has 0 N–H and O–H groups in total. The number of hydrogen-bond acceptors (Lipinski definition) is 4. The third kappa shape index (κ3) is 5.40. The van der Waals surface area contributed by atoms with Crippen molar-refractivity contribution in [1.82, 2.24) is 19.5 Å². The first-order valence-corrected chi connectivity index (χ1v) is 19.6. The number of aromatic nitrogens is 4. The molecule has 0 atom stereocenters. The van der Waals surface area contributed by atoms with Gasteiger partial charge >= 0.3 is 0 Å². The van der Waals surface area contributed by atoms with Gasteiger partial charge in [0.15, 0.2) is 11.6 Å². The Balaban J connectivity index is 1.01. The van der Waals surface area contributed by atoms with Crippen LogP contribution in [0, 0.1) is 0 Å². The van der Waals surface area contributed by atoms with E-state index in [2.05, 4.69) is 168 Å². The van der Waals surface area contributed by atoms with Crippen molar-refractivity contribution >= 4 is 53.3 Å². The number of benzene rings is 8. The highest BCUT2D eigenvalue weighted by atomic mass is 32.1. The maximum Gasteiger partial charge on any atom is 0.238 e. The zero-order chi connectivity index (χ0) is 37.0. The van der Waals surface area contributed by atoms with Crippen LogP contribution in [0.3, 0.4) is 0 Å². The quantitative estimate of drug-likeness (QED) is 0.171. The van der Waals surface area contributed by atoms with E-state index >= 15 is 0 Å². The topological polar surface area (TPSA) is 43.6 Å². The Hall–Kier alpha value is -7.21. The molecule has 0 unspecified atom stereocenters. The van der Waals surface area contributed by atoms with Gasteiger partial charge in [-0.3, -0.25) is 4.57 Å². The lowest BCUT2D eigenvalue weighted by atomic mass is 9.93. The molecule has 0 aliphatic rings. The normalized spacial score (nSPS) is 11.6. The molecule has 0 bridgehead atoms. The minimum Gasteiger partial charge on any atom is -0.278 e. The lowest BCUT2D eigenvalue weighted by molar-refractivity contribution is 0.953. The van der Waals surface area contributed by atoms with E-state index in [4.69, 9.17) is 15.0 Å². The molecule has 0 saturated carbocycles. The van der Waals surface area contributed by atoms with Gasteiger partial charge in [0.25, 0.3) is 0 Å². The van der Waals surface area contributed by atoms with Crippen LogP contribution < -0.4 is 0 Å². The third-order valence-corrected chi connectivity index (χ3v) is 11.8. The van der Waals surface area contributed by atoms with E-state index in [0.29, 0.717) is 17.6 Å². The van der Waals surface area contributed by atoms with Crippen LogP contribution in [0.25, 0.3) is 104 Å². The van der Waals surface area contributed by atoms with Crippen molar-refractivity contribution in [2.45, 2.75) is 0 Å². The van der Waals surface area contributed by atoms with Crippen LogP contribution in [0.2, 0.25) is 0 Å². The Morgan fingerprint density at radius 2 is 0.804 bits per heavy atom. The van der Waals surface area contributed by atoms with E-state index < -0.39 is 0 Å². The molecule has 0 aliphatic carbocycles. The summed E-state index contributed by atoms with van der Waals surface area (Å²) in [4.78, 5) is 15.3. The monoisotopic (exact) mass is 732 g/mol. The maximum absolute atomic E-state index is 5.15. The minimum atomic E-state index is 0.591. The first kappa shape index (κ1) is 32.2. The van der Waals surface area contributed by atoms with Crippen LogP contribution in [0.1, 0.15) is 0 Å². The summed E-state index contributed by atoms with van der Waals surface area (Å²) in [6, 6.07) is 68.6. The molecule has 5 heteroatoms. The lowest BCUT2D eigenvalue weighted by Crippen LogP contribution is -2.06. The lowest BCUT2D eigenvalue weighted by Gasteiger charge is -2.12. The third-order valence-electron chi connectivity index (χ3n) is 10.7. The molecular formula is C51H32N4S. The van der Waals surface area contributed by atoms with Crippen molar-refractivity contribution in [3.8, 4) is 62.1 Å². The van der Waals surface area contributed by atoms with Gasteiger partial charge in [-0.1, -0.05) is 164 Å². The number of nitrogens with zero attached hydrogens (tertiary/aromatic N) is 4. The molecule has 0 radical (unpaired) electrons. The fourth-order valence-corrected chi connectivity index (χ4v) is 9.25. The van der Waals surface area contributed by atoms with Gasteiger partial charge in [0.1, 0.15) is 0 Å². The van der Waals surface area contributed by atoms with Gasteiger partial charge in [-0.25, -0.2) is 4.98 Å². The fourth-order valence-electron chi connectivity index (χ4n) is 8.09. The van der Waals surface area contributed by atoms with E-state index in [0.717, 1.165) is 44.1 Å². The second kappa shape index (κ2) is 13.3. The Kier molecular flexibility index (Phi) is 7.64. The summed E-state index contributed by atoms with van der Waals surface area (Å²) >= 11 is 1.86. The van der Waals surface area contributed by atoms with Crippen molar-refractivity contribution in [2.75, 3.05) is 0 Å². The smallest absolute Gasteiger partial charge is 0.238 e. The molecule has 0 fully saturated rings. The van der Waals surface area contributed by atoms with E-state index in [-0.39, 0.29) is 0 Å². The molecule has 4 nitrogen and oxygen atoms in total. The van der Waals surface area contributed by atoms with Crippen LogP contribution in [-0.4, -0.2) is 19.5 Å². The Bertz CT molecular complexity index is 3180. The number of hydrogen-bond donors (Lipinski definition) is 0. The van der Waals surface area contributed by atoms with Crippen LogP contribution in [-0.2, 0) is 0 Å². The van der Waals surface area contributed by atoms with E-state index in [9.17, 15) is 0 Å². The van der Waals surface area contributed by atoms with Crippen molar-refractivity contribution in [2.24, 2.45) is 0 Å². The molecule has 0 spiro atoms. The highest BCUT2D eigenvalue weighted by Crippen LogP contribution is 2.44. The van der Waals surface area contributed by atoms with Gasteiger partial charge in [0.05, 0.1) is 11.0 Å². The Labute approximate surface area is 327 Å². The molecular weight excluding hydrogens is 701 g/mol. The van der Waals surface area contributed by atoms with Crippen LogP contribution in [0.5, 0.6) is 0 Å². The number of fused-ring (bicyclic) bond motifs is 6. The predicted molar refractivity (Wildman–Crippen MR) is 234 cm³/mol. The zero-order valence-corrected chi connectivity index (χ0v) is 31.0. The number of thiophene rings is 1. The van der Waals surface area contributed by atoms with E-state index in [1.807, 2.05) is 41.7 Å². The molecule has 0 saturated heterocycles. The predicted octanol–water partition coefficient (Wildman–Crippen LogP) is 13.7. The molecule has 0 aliphatic heterocycles. The molecule has 11 aromatic rings. The summed E-state index contributed by atoms with van der Waals surface area (Å²) in [5, 5.41) is 4.95. The van der Waals surface area contributed by atoms with Gasteiger partial charge in [-0.05, 0) is 63.7 Å². The van der Waals surface area contributed by atoms with Crippen molar-refractivity contribution in [1.29, 1.82) is 0 Å². The molecule has 8 aromatic carbocycles. The Morgan fingerprint density at radius 3 is 1.43 bits per heavy atom. The van der Waals surface area contributed by atoms with Gasteiger partial charge in [0.2, 0.25) is 5.95 Å². The average molecular weight is 733 g/mol. The summed E-state index contributed by atoms with van der Waals surface area (Å²) in [6.45, 7) is 0. The van der Waals surface area contributed by atoms with Gasteiger partial charge < -0.3 is 0 Å². The van der Waals surface area contributed by atoms with Crippen LogP contribution in [0.15, 0.2) is 194 Å². The highest BCUT2D eigenvalue weighted by Gasteiger charge is 2.19. The molecule has 3 aromatic heterocycles. The minimum absolute atomic E-state index is 0.591. The van der Waals surface area contributed by atoms with Crippen molar-refractivity contribution in [3.63, 3.8) is 0 Å². The summed E-state index contributed by atoms with van der Waals surface area (Å²) in [7, 11) is 0. The van der Waals surface area contributed by atoms with Crippen molar-refractivity contribution < 1.29 is 0 Å². The Morgan fingerprint density at radius 1 is 0.339 bits per heavy atom. The summed E-state index contributed by atoms with van der Waals surface area (Å²) in [5.74, 6) is 1.85. The van der Waals surface area contributed by atoms with Crippen LogP contribution >= 0.6 is 11.3 Å². The van der Waals surface area contributed by atoms with E-state index in [1.165, 1.54) is 42.4 Å². The first-order valence-electron chi connectivity index (χ1n) is 18.8.